The molecule has 0 aromatic carbocycles. The second-order valence-corrected chi connectivity index (χ2v) is 5.54. The van der Waals surface area contributed by atoms with E-state index >= 15 is 0 Å². The smallest absolute Gasteiger partial charge is 0.236 e. The van der Waals surface area contributed by atoms with Crippen molar-refractivity contribution in [2.45, 2.75) is 13.0 Å². The number of H-pyrrole nitrogens is 1. The number of aromatic nitrogens is 2. The maximum atomic E-state index is 12.4. The standard InChI is InChI=1S/C14H22N4O3/c1-11-8-15-14(16-11)12-9-18(4-7-21-12)13(19)10-17-2-5-20-6-3-17/h8,12H,2-7,9-10H2,1H3,(H,15,16)/t12-/m0/s1. The number of nitrogens with one attached hydrogen (secondary N) is 1. The highest BCUT2D eigenvalue weighted by Gasteiger charge is 2.28. The minimum absolute atomic E-state index is 0.152. The molecule has 0 spiro atoms. The van der Waals surface area contributed by atoms with Gasteiger partial charge in [-0.2, -0.15) is 0 Å². The number of carbonyl (C=O) groups is 1. The van der Waals surface area contributed by atoms with Crippen LogP contribution in [-0.4, -0.2) is 78.2 Å². The van der Waals surface area contributed by atoms with Gasteiger partial charge in [-0.1, -0.05) is 0 Å². The van der Waals surface area contributed by atoms with Crippen LogP contribution in [0, 0.1) is 6.92 Å². The second-order valence-electron chi connectivity index (χ2n) is 5.54. The Bertz CT molecular complexity index is 484. The molecule has 1 N–H and O–H groups in total. The summed E-state index contributed by atoms with van der Waals surface area (Å²) in [7, 11) is 0. The van der Waals surface area contributed by atoms with Crippen LogP contribution < -0.4 is 0 Å². The van der Waals surface area contributed by atoms with Gasteiger partial charge >= 0.3 is 0 Å². The third kappa shape index (κ3) is 3.61. The van der Waals surface area contributed by atoms with Gasteiger partial charge in [0.2, 0.25) is 5.91 Å². The van der Waals surface area contributed by atoms with Gasteiger partial charge in [-0.3, -0.25) is 9.69 Å². The van der Waals surface area contributed by atoms with E-state index in [4.69, 9.17) is 9.47 Å². The monoisotopic (exact) mass is 294 g/mol. The summed E-state index contributed by atoms with van der Waals surface area (Å²) in [5.41, 5.74) is 1.00. The molecule has 7 heteroatoms. The summed E-state index contributed by atoms with van der Waals surface area (Å²) in [5, 5.41) is 0. The number of nitrogens with zero attached hydrogens (tertiary/aromatic N) is 3. The number of morpholine rings is 2. The molecule has 1 amide bonds. The van der Waals surface area contributed by atoms with Gasteiger partial charge in [-0.05, 0) is 6.92 Å². The van der Waals surface area contributed by atoms with Crippen molar-refractivity contribution in [2.75, 3.05) is 52.5 Å². The first kappa shape index (κ1) is 14.5. The molecule has 0 radical (unpaired) electrons. The second kappa shape index (κ2) is 6.55. The molecule has 1 aromatic rings. The Labute approximate surface area is 124 Å². The van der Waals surface area contributed by atoms with Gasteiger partial charge in [0.1, 0.15) is 11.9 Å². The van der Waals surface area contributed by atoms with Crippen LogP contribution >= 0.6 is 0 Å². The first-order chi connectivity index (χ1) is 10.2. The largest absolute Gasteiger partial charge is 0.379 e. The zero-order chi connectivity index (χ0) is 14.7. The van der Waals surface area contributed by atoms with E-state index < -0.39 is 0 Å². The minimum Gasteiger partial charge on any atom is -0.379 e. The van der Waals surface area contributed by atoms with Gasteiger partial charge in [0.25, 0.3) is 0 Å². The molecule has 2 fully saturated rings. The lowest BCUT2D eigenvalue weighted by atomic mass is 10.2. The van der Waals surface area contributed by atoms with Gasteiger partial charge in [-0.15, -0.1) is 0 Å². The van der Waals surface area contributed by atoms with Crippen LogP contribution in [0.3, 0.4) is 0 Å². The third-order valence-electron chi connectivity index (χ3n) is 3.91. The molecule has 0 unspecified atom stereocenters. The molecule has 7 nitrogen and oxygen atoms in total. The maximum absolute atomic E-state index is 12.4. The molecule has 2 aliphatic heterocycles. The first-order valence-corrected chi connectivity index (χ1v) is 7.43. The quantitative estimate of drug-likeness (QED) is 0.846. The number of hydrogen-bond donors (Lipinski definition) is 1. The van der Waals surface area contributed by atoms with E-state index in [2.05, 4.69) is 14.9 Å². The normalized spacial score (nSPS) is 24.2. The van der Waals surface area contributed by atoms with Crippen molar-refractivity contribution < 1.29 is 14.3 Å². The Morgan fingerprint density at radius 2 is 2.19 bits per heavy atom. The Hall–Kier alpha value is -1.44. The first-order valence-electron chi connectivity index (χ1n) is 7.43. The Balaban J connectivity index is 1.56. The Morgan fingerprint density at radius 1 is 1.38 bits per heavy atom. The summed E-state index contributed by atoms with van der Waals surface area (Å²) in [5.74, 6) is 0.963. The molecule has 3 rings (SSSR count). The van der Waals surface area contributed by atoms with E-state index in [9.17, 15) is 4.79 Å². The van der Waals surface area contributed by atoms with Crippen LogP contribution in [0.1, 0.15) is 17.6 Å². The SMILES string of the molecule is Cc1cnc([C@@H]2CN(C(=O)CN3CCOCC3)CCO2)[nH]1. The number of aryl methyl sites for hydroxylation is 1. The molecule has 0 saturated carbocycles. The number of carbonyl (C=O) groups excluding carboxylic acids is 1. The minimum atomic E-state index is -0.152. The van der Waals surface area contributed by atoms with Crippen LogP contribution in [0.2, 0.25) is 0 Å². The Morgan fingerprint density at radius 3 is 2.90 bits per heavy atom. The number of aromatic amines is 1. The topological polar surface area (TPSA) is 70.7 Å². The summed E-state index contributed by atoms with van der Waals surface area (Å²) in [6, 6.07) is 0. The molecule has 2 aliphatic rings. The highest BCUT2D eigenvalue weighted by atomic mass is 16.5. The van der Waals surface area contributed by atoms with E-state index in [0.717, 1.165) is 24.6 Å². The molecular formula is C14H22N4O3. The average molecular weight is 294 g/mol. The molecule has 3 heterocycles. The van der Waals surface area contributed by atoms with Crippen LogP contribution in [0.5, 0.6) is 0 Å². The van der Waals surface area contributed by atoms with Crippen molar-refractivity contribution in [1.29, 1.82) is 0 Å². The van der Waals surface area contributed by atoms with Crippen molar-refractivity contribution in [3.63, 3.8) is 0 Å². The fourth-order valence-electron chi connectivity index (χ4n) is 2.69. The average Bonchev–Trinajstić information content (AvgIpc) is 2.95. The van der Waals surface area contributed by atoms with Crippen LogP contribution in [0.15, 0.2) is 6.20 Å². The number of ether oxygens (including phenoxy) is 2. The summed E-state index contributed by atoms with van der Waals surface area (Å²) in [6.07, 6.45) is 1.63. The lowest BCUT2D eigenvalue weighted by Gasteiger charge is -2.34. The van der Waals surface area contributed by atoms with Crippen molar-refractivity contribution in [3.05, 3.63) is 17.7 Å². The number of rotatable bonds is 3. The maximum Gasteiger partial charge on any atom is 0.236 e. The molecule has 21 heavy (non-hydrogen) atoms. The van der Waals surface area contributed by atoms with Gasteiger partial charge in [0.15, 0.2) is 0 Å². The van der Waals surface area contributed by atoms with Gasteiger partial charge < -0.3 is 19.4 Å². The van der Waals surface area contributed by atoms with Gasteiger partial charge in [0, 0.05) is 31.5 Å². The zero-order valence-corrected chi connectivity index (χ0v) is 12.4. The molecule has 0 bridgehead atoms. The van der Waals surface area contributed by atoms with E-state index in [-0.39, 0.29) is 12.0 Å². The fourth-order valence-corrected chi connectivity index (χ4v) is 2.69. The molecule has 2 saturated heterocycles. The summed E-state index contributed by atoms with van der Waals surface area (Å²) >= 11 is 0. The highest BCUT2D eigenvalue weighted by molar-refractivity contribution is 5.78. The van der Waals surface area contributed by atoms with Crippen LogP contribution in [0.25, 0.3) is 0 Å². The van der Waals surface area contributed by atoms with Crippen LogP contribution in [0.4, 0.5) is 0 Å². The molecule has 0 aliphatic carbocycles. The zero-order valence-electron chi connectivity index (χ0n) is 12.4. The van der Waals surface area contributed by atoms with Crippen molar-refractivity contribution in [3.8, 4) is 0 Å². The number of hydrogen-bond acceptors (Lipinski definition) is 5. The van der Waals surface area contributed by atoms with E-state index in [1.54, 1.807) is 6.20 Å². The van der Waals surface area contributed by atoms with E-state index in [0.29, 0.717) is 39.5 Å². The van der Waals surface area contributed by atoms with Crippen LogP contribution in [-0.2, 0) is 14.3 Å². The van der Waals surface area contributed by atoms with Crippen molar-refractivity contribution in [2.24, 2.45) is 0 Å². The molecule has 116 valence electrons. The molecule has 1 aromatic heterocycles. The number of imidazole rings is 1. The number of amides is 1. The summed E-state index contributed by atoms with van der Waals surface area (Å²) < 4.78 is 11.0. The predicted octanol–water partition coefficient (Wildman–Crippen LogP) is -0.0498. The molecular weight excluding hydrogens is 272 g/mol. The van der Waals surface area contributed by atoms with Crippen molar-refractivity contribution >= 4 is 5.91 Å². The third-order valence-corrected chi connectivity index (χ3v) is 3.91. The van der Waals surface area contributed by atoms with Gasteiger partial charge in [-0.25, -0.2) is 4.98 Å². The van der Waals surface area contributed by atoms with E-state index in [1.807, 2.05) is 11.8 Å². The fraction of sp³-hybridized carbons (Fsp3) is 0.714. The Kier molecular flexibility index (Phi) is 4.52. The lowest BCUT2D eigenvalue weighted by Crippen LogP contribution is -2.48. The summed E-state index contributed by atoms with van der Waals surface area (Å²) in [4.78, 5) is 23.9. The highest BCUT2D eigenvalue weighted by Crippen LogP contribution is 2.19. The van der Waals surface area contributed by atoms with E-state index in [1.165, 1.54) is 0 Å². The predicted molar refractivity (Wildman–Crippen MR) is 75.9 cm³/mol. The van der Waals surface area contributed by atoms with Gasteiger partial charge in [0.05, 0.1) is 32.9 Å². The lowest BCUT2D eigenvalue weighted by molar-refractivity contribution is -0.141. The summed E-state index contributed by atoms with van der Waals surface area (Å²) in [6.45, 7) is 7.28. The molecule has 1 atom stereocenters. The van der Waals surface area contributed by atoms with Crippen molar-refractivity contribution in [1.82, 2.24) is 19.8 Å².